The Morgan fingerprint density at radius 1 is 0.870 bits per heavy atom. The number of carbonyl (C=O) groups is 4. The SMILES string of the molecule is CCC(C)(C)C(=O)OCC(=O)OC1C2CC3C(=O)OC1C3C2.CCC(C)c1ccc(C(=O)OC2(CC)CCCCC2)cc1.CCC(C)c1ccc(O)cc1. The molecule has 3 aliphatic carbocycles. The molecule has 0 aromatic heterocycles. The van der Waals surface area contributed by atoms with Crippen LogP contribution < -0.4 is 0 Å². The summed E-state index contributed by atoms with van der Waals surface area (Å²) in [5.41, 5.74) is 2.44. The first kappa shape index (κ1) is 42.9. The number of hydrogen-bond acceptors (Lipinski definition) is 9. The quantitative estimate of drug-likeness (QED) is 0.167. The molecule has 0 radical (unpaired) electrons. The van der Waals surface area contributed by atoms with Crippen molar-refractivity contribution in [2.75, 3.05) is 6.61 Å². The van der Waals surface area contributed by atoms with Crippen LogP contribution in [0, 0.1) is 23.2 Å². The van der Waals surface area contributed by atoms with Crippen molar-refractivity contribution in [3.05, 3.63) is 65.2 Å². The van der Waals surface area contributed by atoms with E-state index in [1.54, 1.807) is 26.0 Å². The molecule has 2 aromatic carbocycles. The predicted octanol–water partition coefficient (Wildman–Crippen LogP) is 9.83. The standard InChI is InChI=1S/C19H28O2.C16H22O6.C10H14O/c1-4-15(3)16-9-11-17(12-10-16)18(20)21-19(5-2)13-7-6-8-14-19;1-4-16(2,3)15(19)20-7-11(17)21-12-8-5-9-10(6-8)14(18)22-13(9)12;1-3-8(2)9-4-6-10(11)7-5-9/h9-12,15H,4-8,13-14H2,1-3H3;8-10,12-13H,4-7H2,1-3H3;4-8,11H,3H2,1-2H3. The Kier molecular flexibility index (Phi) is 15.2. The highest BCUT2D eigenvalue weighted by Gasteiger charge is 2.63. The second-order valence-electron chi connectivity index (χ2n) is 16.5. The fourth-order valence-corrected chi connectivity index (χ4v) is 7.92. The van der Waals surface area contributed by atoms with E-state index in [1.165, 1.54) is 30.4 Å². The van der Waals surface area contributed by atoms with E-state index in [-0.39, 0.29) is 54.1 Å². The van der Waals surface area contributed by atoms with Gasteiger partial charge in [0, 0.05) is 11.8 Å². The molecule has 298 valence electrons. The minimum Gasteiger partial charge on any atom is -0.508 e. The van der Waals surface area contributed by atoms with Gasteiger partial charge in [0.05, 0.1) is 16.9 Å². The molecule has 2 aromatic rings. The highest BCUT2D eigenvalue weighted by Crippen LogP contribution is 2.55. The molecule has 9 heteroatoms. The van der Waals surface area contributed by atoms with E-state index >= 15 is 0 Å². The van der Waals surface area contributed by atoms with E-state index in [0.29, 0.717) is 29.6 Å². The van der Waals surface area contributed by atoms with Gasteiger partial charge in [0.25, 0.3) is 0 Å². The molecule has 1 N–H and O–H groups in total. The molecule has 1 saturated heterocycles. The first-order chi connectivity index (χ1) is 25.7. The highest BCUT2D eigenvalue weighted by molar-refractivity contribution is 5.89. The lowest BCUT2D eigenvalue weighted by Crippen LogP contribution is -2.37. The van der Waals surface area contributed by atoms with Gasteiger partial charge in [0.1, 0.15) is 23.6 Å². The summed E-state index contributed by atoms with van der Waals surface area (Å²) in [5.74, 6) is 0.553. The third-order valence-electron chi connectivity index (χ3n) is 12.6. The van der Waals surface area contributed by atoms with Crippen LogP contribution >= 0.6 is 0 Å². The maximum atomic E-state index is 12.4. The number of aromatic hydroxyl groups is 1. The molecule has 7 unspecified atom stereocenters. The van der Waals surface area contributed by atoms with E-state index in [1.807, 2.05) is 31.2 Å². The van der Waals surface area contributed by atoms with Crippen molar-refractivity contribution in [2.24, 2.45) is 23.2 Å². The normalized spacial score (nSPS) is 24.4. The van der Waals surface area contributed by atoms with Crippen LogP contribution in [0.3, 0.4) is 0 Å². The number of ether oxygens (including phenoxy) is 4. The van der Waals surface area contributed by atoms with Crippen LogP contribution in [0.25, 0.3) is 0 Å². The van der Waals surface area contributed by atoms with Crippen molar-refractivity contribution in [3.63, 3.8) is 0 Å². The molecule has 0 spiro atoms. The summed E-state index contributed by atoms with van der Waals surface area (Å²) in [4.78, 5) is 47.8. The molecule has 6 rings (SSSR count). The van der Waals surface area contributed by atoms with E-state index in [0.717, 1.165) is 44.9 Å². The second-order valence-corrected chi connectivity index (χ2v) is 16.5. The van der Waals surface area contributed by atoms with Crippen LogP contribution in [-0.2, 0) is 33.3 Å². The van der Waals surface area contributed by atoms with E-state index in [9.17, 15) is 19.2 Å². The molecule has 54 heavy (non-hydrogen) atoms. The summed E-state index contributed by atoms with van der Waals surface area (Å²) in [7, 11) is 0. The van der Waals surface area contributed by atoms with E-state index in [2.05, 4.69) is 46.8 Å². The predicted molar refractivity (Wildman–Crippen MR) is 208 cm³/mol. The molecule has 9 nitrogen and oxygen atoms in total. The number of hydrogen-bond donors (Lipinski definition) is 1. The van der Waals surface area contributed by atoms with Gasteiger partial charge in [-0.2, -0.15) is 0 Å². The molecule has 2 bridgehead atoms. The average molecular weight is 749 g/mol. The zero-order valence-electron chi connectivity index (χ0n) is 33.9. The van der Waals surface area contributed by atoms with E-state index in [4.69, 9.17) is 24.1 Å². The highest BCUT2D eigenvalue weighted by atomic mass is 16.6. The van der Waals surface area contributed by atoms with Crippen molar-refractivity contribution < 1.29 is 43.2 Å². The largest absolute Gasteiger partial charge is 0.508 e. The zero-order chi connectivity index (χ0) is 39.6. The van der Waals surface area contributed by atoms with Crippen molar-refractivity contribution in [1.29, 1.82) is 0 Å². The number of phenols is 1. The maximum absolute atomic E-state index is 12.4. The first-order valence-electron chi connectivity index (χ1n) is 20.4. The maximum Gasteiger partial charge on any atom is 0.344 e. The van der Waals surface area contributed by atoms with Crippen molar-refractivity contribution in [3.8, 4) is 5.75 Å². The third-order valence-corrected chi connectivity index (χ3v) is 12.6. The summed E-state index contributed by atoms with van der Waals surface area (Å²) >= 11 is 0. The smallest absolute Gasteiger partial charge is 0.344 e. The van der Waals surface area contributed by atoms with Crippen LogP contribution in [0.5, 0.6) is 5.75 Å². The van der Waals surface area contributed by atoms with Crippen LogP contribution in [-0.4, -0.2) is 53.4 Å². The number of phenolic OH excluding ortho intramolecular Hbond substituents is 1. The van der Waals surface area contributed by atoms with Gasteiger partial charge in [0.15, 0.2) is 6.61 Å². The number of benzene rings is 2. The number of esters is 4. The summed E-state index contributed by atoms with van der Waals surface area (Å²) in [6.07, 6.45) is 10.4. The fraction of sp³-hybridized carbons (Fsp3) is 0.644. The minimum atomic E-state index is -0.610. The monoisotopic (exact) mass is 748 g/mol. The number of fused-ring (bicyclic) bond motifs is 1. The van der Waals surface area contributed by atoms with Gasteiger partial charge in [0.2, 0.25) is 0 Å². The summed E-state index contributed by atoms with van der Waals surface area (Å²) < 4.78 is 21.7. The fourth-order valence-electron chi connectivity index (χ4n) is 7.92. The summed E-state index contributed by atoms with van der Waals surface area (Å²) in [6, 6.07) is 15.4. The Hall–Kier alpha value is -3.88. The topological polar surface area (TPSA) is 125 Å². The Morgan fingerprint density at radius 3 is 1.98 bits per heavy atom. The van der Waals surface area contributed by atoms with Crippen molar-refractivity contribution >= 4 is 23.9 Å². The minimum absolute atomic E-state index is 0.00636. The second kappa shape index (κ2) is 19.1. The Labute approximate surface area is 322 Å². The number of carbonyl (C=O) groups excluding carboxylic acids is 4. The van der Waals surface area contributed by atoms with Gasteiger partial charge in [-0.3, -0.25) is 9.59 Å². The summed E-state index contributed by atoms with van der Waals surface area (Å²) in [5, 5.41) is 9.01. The van der Waals surface area contributed by atoms with Crippen LogP contribution in [0.15, 0.2) is 48.5 Å². The Bertz CT molecular complexity index is 1540. The molecular formula is C45H64O9. The number of rotatable bonds is 12. The van der Waals surface area contributed by atoms with Crippen LogP contribution in [0.4, 0.5) is 0 Å². The molecule has 1 aliphatic heterocycles. The lowest BCUT2D eigenvalue weighted by molar-refractivity contribution is -0.172. The van der Waals surface area contributed by atoms with Gasteiger partial charge >= 0.3 is 23.9 Å². The molecule has 3 saturated carbocycles. The van der Waals surface area contributed by atoms with Gasteiger partial charge in [-0.25, -0.2) is 9.59 Å². The molecule has 4 fully saturated rings. The van der Waals surface area contributed by atoms with Gasteiger partial charge < -0.3 is 24.1 Å². The molecule has 7 atom stereocenters. The van der Waals surface area contributed by atoms with Gasteiger partial charge in [-0.05, 0) is 125 Å². The van der Waals surface area contributed by atoms with Crippen LogP contribution in [0.2, 0.25) is 0 Å². The Balaban J connectivity index is 0.000000191. The van der Waals surface area contributed by atoms with Crippen molar-refractivity contribution in [1.82, 2.24) is 0 Å². The molecular weight excluding hydrogens is 684 g/mol. The lowest BCUT2D eigenvalue weighted by atomic mass is 9.82. The zero-order valence-corrected chi connectivity index (χ0v) is 33.9. The van der Waals surface area contributed by atoms with E-state index < -0.39 is 17.4 Å². The Morgan fingerprint density at radius 2 is 1.44 bits per heavy atom. The molecule has 1 heterocycles. The summed E-state index contributed by atoms with van der Waals surface area (Å²) in [6.45, 7) is 15.9. The van der Waals surface area contributed by atoms with Gasteiger partial charge in [-0.1, -0.05) is 72.2 Å². The average Bonchev–Trinajstić information content (AvgIpc) is 3.83. The first-order valence-corrected chi connectivity index (χ1v) is 20.4. The molecule has 0 amide bonds. The molecule has 4 aliphatic rings. The van der Waals surface area contributed by atoms with Gasteiger partial charge in [-0.15, -0.1) is 0 Å². The lowest BCUT2D eigenvalue weighted by Gasteiger charge is -2.36. The third kappa shape index (κ3) is 10.7. The van der Waals surface area contributed by atoms with Crippen LogP contribution in [0.1, 0.15) is 159 Å². The van der Waals surface area contributed by atoms with Crippen molar-refractivity contribution in [2.45, 2.75) is 156 Å².